The number of H-pyrrole nitrogens is 1. The van der Waals surface area contributed by atoms with Crippen molar-refractivity contribution in [3.63, 3.8) is 0 Å². The molecule has 20 heavy (non-hydrogen) atoms. The Balaban J connectivity index is 1.89. The first-order valence-electron chi connectivity index (χ1n) is 5.87. The summed E-state index contributed by atoms with van der Waals surface area (Å²) in [6, 6.07) is 4.46. The number of halogens is 2. The summed E-state index contributed by atoms with van der Waals surface area (Å²) in [5.41, 5.74) is 0.156. The van der Waals surface area contributed by atoms with Crippen LogP contribution in [0, 0.1) is 5.82 Å². The summed E-state index contributed by atoms with van der Waals surface area (Å²) in [4.78, 5) is 15.9. The van der Waals surface area contributed by atoms with Crippen LogP contribution in [-0.4, -0.2) is 26.8 Å². The summed E-state index contributed by atoms with van der Waals surface area (Å²) in [7, 11) is 0. The number of carbonyl (C=O) groups is 1. The number of hydrogen-bond acceptors (Lipinski definition) is 4. The lowest BCUT2D eigenvalue weighted by atomic mass is 10.3. The summed E-state index contributed by atoms with van der Waals surface area (Å²) < 4.78 is 14.2. The number of rotatable bonds is 5. The zero-order valence-electron chi connectivity index (χ0n) is 10.6. The highest BCUT2D eigenvalue weighted by atomic mass is 79.9. The second kappa shape index (κ2) is 6.85. The van der Waals surface area contributed by atoms with Crippen LogP contribution in [0.1, 0.15) is 12.7 Å². The number of aromatic nitrogens is 3. The summed E-state index contributed by atoms with van der Waals surface area (Å²) in [5, 5.41) is 9.74. The normalized spacial score (nSPS) is 10.6. The van der Waals surface area contributed by atoms with Crippen LogP contribution >= 0.6 is 27.7 Å². The largest absolute Gasteiger partial charge is 0.323 e. The Labute approximate surface area is 127 Å². The molecule has 1 amide bonds. The molecule has 2 rings (SSSR count). The van der Waals surface area contributed by atoms with Crippen molar-refractivity contribution < 1.29 is 9.18 Å². The van der Waals surface area contributed by atoms with Crippen molar-refractivity contribution in [3.05, 3.63) is 34.3 Å². The maximum absolute atomic E-state index is 13.5. The van der Waals surface area contributed by atoms with Gasteiger partial charge in [0.05, 0.1) is 11.4 Å². The van der Waals surface area contributed by atoms with Crippen LogP contribution in [0.3, 0.4) is 0 Å². The van der Waals surface area contributed by atoms with Gasteiger partial charge in [-0.3, -0.25) is 9.89 Å². The topological polar surface area (TPSA) is 70.7 Å². The van der Waals surface area contributed by atoms with Crippen LogP contribution in [0.15, 0.2) is 27.8 Å². The molecule has 0 atom stereocenters. The first-order valence-corrected chi connectivity index (χ1v) is 7.65. The molecule has 1 aromatic carbocycles. The van der Waals surface area contributed by atoms with Gasteiger partial charge in [-0.25, -0.2) is 9.37 Å². The van der Waals surface area contributed by atoms with Gasteiger partial charge in [-0.15, -0.1) is 5.10 Å². The molecule has 2 aromatic rings. The minimum absolute atomic E-state index is 0.122. The number of thioether (sulfide) groups is 1. The molecule has 0 bridgehead atoms. The number of anilines is 1. The van der Waals surface area contributed by atoms with E-state index >= 15 is 0 Å². The van der Waals surface area contributed by atoms with E-state index in [0.717, 1.165) is 12.2 Å². The van der Waals surface area contributed by atoms with Crippen molar-refractivity contribution in [1.82, 2.24) is 15.2 Å². The first kappa shape index (κ1) is 15.0. The molecule has 1 aromatic heterocycles. The lowest BCUT2D eigenvalue weighted by molar-refractivity contribution is -0.113. The number of nitrogens with zero attached hydrogens (tertiary/aromatic N) is 2. The van der Waals surface area contributed by atoms with Crippen molar-refractivity contribution in [3.8, 4) is 0 Å². The zero-order chi connectivity index (χ0) is 14.5. The number of aryl methyl sites for hydroxylation is 1. The summed E-state index contributed by atoms with van der Waals surface area (Å²) in [6.07, 6.45) is 0.754. The second-order valence-corrected chi connectivity index (χ2v) is 5.74. The van der Waals surface area contributed by atoms with Crippen LogP contribution < -0.4 is 5.32 Å². The van der Waals surface area contributed by atoms with E-state index in [-0.39, 0.29) is 17.3 Å². The molecule has 0 saturated carbocycles. The molecular weight excluding hydrogens is 347 g/mol. The molecule has 5 nitrogen and oxygen atoms in total. The molecule has 106 valence electrons. The van der Waals surface area contributed by atoms with Gasteiger partial charge in [0.25, 0.3) is 0 Å². The molecule has 0 saturated heterocycles. The third-order valence-corrected chi connectivity index (χ3v) is 3.72. The number of hydrogen-bond donors (Lipinski definition) is 2. The monoisotopic (exact) mass is 358 g/mol. The second-order valence-electron chi connectivity index (χ2n) is 3.88. The Hall–Kier alpha value is -1.41. The van der Waals surface area contributed by atoms with Crippen LogP contribution in [0.5, 0.6) is 0 Å². The Morgan fingerprint density at radius 2 is 2.35 bits per heavy atom. The molecule has 0 aliphatic carbocycles. The molecule has 0 aliphatic rings. The average Bonchev–Trinajstić information content (AvgIpc) is 2.88. The van der Waals surface area contributed by atoms with Crippen LogP contribution in [-0.2, 0) is 11.2 Å². The zero-order valence-corrected chi connectivity index (χ0v) is 13.0. The van der Waals surface area contributed by atoms with Crippen LogP contribution in [0.2, 0.25) is 0 Å². The van der Waals surface area contributed by atoms with Gasteiger partial charge >= 0.3 is 0 Å². The number of aromatic amines is 1. The standard InChI is InChI=1S/C12H12BrFN4OS/c1-2-10-16-12(18-17-10)20-6-11(19)15-9-4-3-7(13)5-8(9)14/h3-5H,2,6H2,1H3,(H,15,19)(H,16,17,18). The SMILES string of the molecule is CCc1nc(SCC(=O)Nc2ccc(Br)cc2F)n[nH]1. The molecule has 0 spiro atoms. The maximum atomic E-state index is 13.5. The molecule has 2 N–H and O–H groups in total. The Bertz CT molecular complexity index is 619. The fourth-order valence-corrected chi connectivity index (χ4v) is 2.36. The quantitative estimate of drug-likeness (QED) is 0.806. The fraction of sp³-hybridized carbons (Fsp3) is 0.250. The van der Waals surface area contributed by atoms with Gasteiger partial charge in [0.1, 0.15) is 11.6 Å². The molecule has 1 heterocycles. The molecule has 8 heteroatoms. The van der Waals surface area contributed by atoms with E-state index in [9.17, 15) is 9.18 Å². The minimum atomic E-state index is -0.483. The average molecular weight is 359 g/mol. The van der Waals surface area contributed by atoms with Crippen LogP contribution in [0.25, 0.3) is 0 Å². The van der Waals surface area contributed by atoms with E-state index in [1.165, 1.54) is 23.9 Å². The van der Waals surface area contributed by atoms with E-state index in [1.807, 2.05) is 6.92 Å². The van der Waals surface area contributed by atoms with Crippen molar-refractivity contribution in [2.45, 2.75) is 18.5 Å². The van der Waals surface area contributed by atoms with Gasteiger partial charge in [-0.05, 0) is 18.2 Å². The molecular formula is C12H12BrFN4OS. The number of carbonyl (C=O) groups excluding carboxylic acids is 1. The third-order valence-electron chi connectivity index (χ3n) is 2.38. The van der Waals surface area contributed by atoms with Gasteiger partial charge < -0.3 is 5.32 Å². The highest BCUT2D eigenvalue weighted by Crippen LogP contribution is 2.20. The number of nitrogens with one attached hydrogen (secondary N) is 2. The third kappa shape index (κ3) is 4.04. The Morgan fingerprint density at radius 1 is 1.55 bits per heavy atom. The van der Waals surface area contributed by atoms with Gasteiger partial charge in [0, 0.05) is 10.9 Å². The van der Waals surface area contributed by atoms with E-state index in [1.54, 1.807) is 6.07 Å². The molecule has 0 aliphatic heterocycles. The highest BCUT2D eigenvalue weighted by molar-refractivity contribution is 9.10. The number of benzene rings is 1. The lowest BCUT2D eigenvalue weighted by Crippen LogP contribution is -2.15. The van der Waals surface area contributed by atoms with E-state index in [0.29, 0.717) is 9.63 Å². The van der Waals surface area contributed by atoms with Crippen molar-refractivity contribution in [2.75, 3.05) is 11.1 Å². The van der Waals surface area contributed by atoms with E-state index in [2.05, 4.69) is 36.4 Å². The Kier molecular flexibility index (Phi) is 5.13. The molecule has 0 radical (unpaired) electrons. The van der Waals surface area contributed by atoms with Gasteiger partial charge in [-0.2, -0.15) is 0 Å². The van der Waals surface area contributed by atoms with Crippen molar-refractivity contribution in [1.29, 1.82) is 0 Å². The predicted octanol–water partition coefficient (Wildman–Crippen LogP) is 3.00. The minimum Gasteiger partial charge on any atom is -0.323 e. The van der Waals surface area contributed by atoms with Gasteiger partial charge in [-0.1, -0.05) is 34.6 Å². The smallest absolute Gasteiger partial charge is 0.234 e. The molecule has 0 unspecified atom stereocenters. The fourth-order valence-electron chi connectivity index (χ4n) is 1.41. The number of amides is 1. The highest BCUT2D eigenvalue weighted by Gasteiger charge is 2.10. The van der Waals surface area contributed by atoms with Gasteiger partial charge in [0.15, 0.2) is 0 Å². The first-order chi connectivity index (χ1) is 9.58. The summed E-state index contributed by atoms with van der Waals surface area (Å²) in [6.45, 7) is 1.96. The summed E-state index contributed by atoms with van der Waals surface area (Å²) >= 11 is 4.35. The van der Waals surface area contributed by atoms with Gasteiger partial charge in [0.2, 0.25) is 11.1 Å². The van der Waals surface area contributed by atoms with E-state index < -0.39 is 5.82 Å². The van der Waals surface area contributed by atoms with Crippen LogP contribution in [0.4, 0.5) is 10.1 Å². The predicted molar refractivity (Wildman–Crippen MR) is 79.2 cm³/mol. The maximum Gasteiger partial charge on any atom is 0.234 e. The van der Waals surface area contributed by atoms with Crippen molar-refractivity contribution in [2.24, 2.45) is 0 Å². The van der Waals surface area contributed by atoms with E-state index in [4.69, 9.17) is 0 Å². The molecule has 0 fully saturated rings. The Morgan fingerprint density at radius 3 is 3.00 bits per heavy atom. The van der Waals surface area contributed by atoms with Crippen molar-refractivity contribution >= 4 is 39.3 Å². The summed E-state index contributed by atoms with van der Waals surface area (Å²) in [5.74, 6) is 0.103. The lowest BCUT2D eigenvalue weighted by Gasteiger charge is -2.05.